The zero-order valence-corrected chi connectivity index (χ0v) is 35.8. The van der Waals surface area contributed by atoms with Gasteiger partial charge in [0.05, 0.1) is 12.0 Å². The quantitative estimate of drug-likeness (QED) is 0.0974. The molecule has 1 aliphatic heterocycles. The SMILES string of the molecule is C=CCCC(OCC)C(C)C(=O)NC(C(=O)NC(Cc1cccc(OS(C)(C)C(C)(C)C)c1)C(=O)N1CCCC(C(=O)OCc2cccc(C=C)c2)N1)C(C)C. The van der Waals surface area contributed by atoms with Gasteiger partial charge in [0.2, 0.25) is 11.8 Å². The number of ether oxygens (including phenoxy) is 2. The molecule has 11 nitrogen and oxygen atoms in total. The number of carbonyl (C=O) groups excluding carboxylic acids is 4. The van der Waals surface area contributed by atoms with Crippen LogP contribution in [0.4, 0.5) is 0 Å². The van der Waals surface area contributed by atoms with Crippen LogP contribution in [-0.4, -0.2) is 83.3 Å². The van der Waals surface area contributed by atoms with Gasteiger partial charge in [0.15, 0.2) is 0 Å². The summed E-state index contributed by atoms with van der Waals surface area (Å²) >= 11 is 0. The predicted molar refractivity (Wildman–Crippen MR) is 227 cm³/mol. The molecule has 2 aromatic rings. The average molecular weight is 795 g/mol. The number of amides is 3. The highest BCUT2D eigenvalue weighted by atomic mass is 32.3. The van der Waals surface area contributed by atoms with Crippen LogP contribution in [0.2, 0.25) is 0 Å². The molecule has 56 heavy (non-hydrogen) atoms. The molecule has 0 spiro atoms. The summed E-state index contributed by atoms with van der Waals surface area (Å²) in [5.41, 5.74) is 5.60. The van der Waals surface area contributed by atoms with E-state index in [9.17, 15) is 19.2 Å². The van der Waals surface area contributed by atoms with Crippen LogP contribution in [0.15, 0.2) is 67.8 Å². The van der Waals surface area contributed by atoms with Gasteiger partial charge in [0, 0.05) is 24.3 Å². The highest BCUT2D eigenvalue weighted by Crippen LogP contribution is 2.53. The van der Waals surface area contributed by atoms with Crippen molar-refractivity contribution in [2.75, 3.05) is 25.7 Å². The van der Waals surface area contributed by atoms with Gasteiger partial charge in [-0.1, -0.05) is 80.1 Å². The number of nitrogens with one attached hydrogen (secondary N) is 3. The Labute approximate surface area is 336 Å². The molecule has 3 N–H and O–H groups in total. The molecule has 1 aliphatic rings. The van der Waals surface area contributed by atoms with Crippen LogP contribution < -0.4 is 20.2 Å². The lowest BCUT2D eigenvalue weighted by molar-refractivity contribution is -0.154. The van der Waals surface area contributed by atoms with E-state index in [1.54, 1.807) is 19.1 Å². The van der Waals surface area contributed by atoms with Crippen molar-refractivity contribution in [3.8, 4) is 5.75 Å². The van der Waals surface area contributed by atoms with E-state index in [4.69, 9.17) is 13.7 Å². The van der Waals surface area contributed by atoms with Gasteiger partial charge < -0.3 is 24.3 Å². The van der Waals surface area contributed by atoms with Crippen LogP contribution in [0, 0.1) is 11.8 Å². The van der Waals surface area contributed by atoms with Crippen molar-refractivity contribution in [2.24, 2.45) is 11.8 Å². The number of hydrogen-bond donors (Lipinski definition) is 3. The molecule has 0 aliphatic carbocycles. The fraction of sp³-hybridized carbons (Fsp3) is 0.545. The molecular formula is C44H66N4O7S. The summed E-state index contributed by atoms with van der Waals surface area (Å²) in [6, 6.07) is 12.4. The van der Waals surface area contributed by atoms with Gasteiger partial charge >= 0.3 is 5.97 Å². The van der Waals surface area contributed by atoms with Crippen molar-refractivity contribution in [1.29, 1.82) is 0 Å². The topological polar surface area (TPSA) is 135 Å². The van der Waals surface area contributed by atoms with E-state index in [0.29, 0.717) is 44.6 Å². The fourth-order valence-corrected chi connectivity index (χ4v) is 6.95. The van der Waals surface area contributed by atoms with Crippen molar-refractivity contribution >= 4 is 40.1 Å². The molecule has 0 radical (unpaired) electrons. The number of hydrogen-bond acceptors (Lipinski definition) is 8. The molecule has 1 fully saturated rings. The second kappa shape index (κ2) is 21.4. The third-order valence-electron chi connectivity index (χ3n) is 10.3. The summed E-state index contributed by atoms with van der Waals surface area (Å²) in [7, 11) is -1.50. The maximum Gasteiger partial charge on any atom is 0.325 e. The molecule has 5 unspecified atom stereocenters. The second-order valence-corrected chi connectivity index (χ2v) is 19.9. The minimum Gasteiger partial charge on any atom is -0.460 e. The highest BCUT2D eigenvalue weighted by molar-refractivity contribution is 8.30. The normalized spacial score (nSPS) is 17.2. The standard InChI is InChI=1S/C44H66N4O7S/c1-12-15-24-38(53-14-3)31(6)40(49)46-39(30(4)5)41(50)45-37(28-33-20-17-22-35(27-33)55-56(10,11)44(7,8)9)42(51)48-25-18-23-36(47-48)43(52)54-29-34-21-16-19-32(13-2)26-34/h12-13,16-17,19-22,26-27,30-31,36-39,47H,1-2,14-15,18,23-25,28-29H2,3-11H3,(H,45,50)(H,46,49). The second-order valence-electron chi connectivity index (χ2n) is 16.1. The Morgan fingerprint density at radius 2 is 1.70 bits per heavy atom. The molecule has 3 amide bonds. The van der Waals surface area contributed by atoms with Gasteiger partial charge in [-0.15, -0.1) is 6.58 Å². The molecule has 3 rings (SSSR count). The Kier molecular flexibility index (Phi) is 17.7. The molecule has 310 valence electrons. The van der Waals surface area contributed by atoms with Gasteiger partial charge in [0.25, 0.3) is 5.91 Å². The van der Waals surface area contributed by atoms with Crippen molar-refractivity contribution in [1.82, 2.24) is 21.1 Å². The third-order valence-corrected chi connectivity index (χ3v) is 13.8. The van der Waals surface area contributed by atoms with Crippen LogP contribution in [-0.2, 0) is 41.7 Å². The number of esters is 1. The Hall–Kier alpha value is -4.13. The van der Waals surface area contributed by atoms with Gasteiger partial charge in [-0.3, -0.25) is 24.2 Å². The monoisotopic (exact) mass is 794 g/mol. The van der Waals surface area contributed by atoms with Crippen molar-refractivity contribution in [3.05, 3.63) is 84.5 Å². The van der Waals surface area contributed by atoms with E-state index in [-0.39, 0.29) is 35.7 Å². The number of allylic oxidation sites excluding steroid dienone is 1. The lowest BCUT2D eigenvalue weighted by Crippen LogP contribution is -2.62. The molecule has 1 heterocycles. The first kappa shape index (κ1) is 46.3. The Morgan fingerprint density at radius 1 is 1.00 bits per heavy atom. The molecule has 1 saturated heterocycles. The van der Waals surface area contributed by atoms with Gasteiger partial charge in [-0.2, -0.15) is 0 Å². The lowest BCUT2D eigenvalue weighted by Gasteiger charge is -2.43. The molecule has 0 bridgehead atoms. The number of rotatable bonds is 20. The van der Waals surface area contributed by atoms with Gasteiger partial charge in [-0.05, 0) is 107 Å². The van der Waals surface area contributed by atoms with E-state index in [1.165, 1.54) is 5.01 Å². The molecular weight excluding hydrogens is 729 g/mol. The zero-order valence-electron chi connectivity index (χ0n) is 35.0. The first-order valence-electron chi connectivity index (χ1n) is 19.7. The first-order valence-corrected chi connectivity index (χ1v) is 22.1. The third kappa shape index (κ3) is 13.5. The van der Waals surface area contributed by atoms with Crippen LogP contribution in [0.3, 0.4) is 0 Å². The largest absolute Gasteiger partial charge is 0.460 e. The fourth-order valence-electron chi connectivity index (χ4n) is 6.12. The number of benzene rings is 2. The smallest absolute Gasteiger partial charge is 0.325 e. The Morgan fingerprint density at radius 3 is 2.34 bits per heavy atom. The summed E-state index contributed by atoms with van der Waals surface area (Å²) in [5.74, 6) is -1.83. The number of carbonyl (C=O) groups is 4. The summed E-state index contributed by atoms with van der Waals surface area (Å²) < 4.78 is 18.0. The molecule has 0 aromatic heterocycles. The number of nitrogens with zero attached hydrogens (tertiary/aromatic N) is 1. The molecule has 12 heteroatoms. The highest BCUT2D eigenvalue weighted by Gasteiger charge is 2.36. The van der Waals surface area contributed by atoms with Gasteiger partial charge in [-0.25, -0.2) is 5.43 Å². The zero-order chi connectivity index (χ0) is 41.6. The van der Waals surface area contributed by atoms with Crippen molar-refractivity contribution in [3.63, 3.8) is 0 Å². The molecule has 2 aromatic carbocycles. The van der Waals surface area contributed by atoms with Crippen LogP contribution in [0.25, 0.3) is 6.08 Å². The van der Waals surface area contributed by atoms with E-state index >= 15 is 0 Å². The van der Waals surface area contributed by atoms with Crippen LogP contribution in [0.1, 0.15) is 90.8 Å². The van der Waals surface area contributed by atoms with Crippen molar-refractivity contribution in [2.45, 2.75) is 116 Å². The van der Waals surface area contributed by atoms with E-state index in [0.717, 1.165) is 16.7 Å². The van der Waals surface area contributed by atoms with Crippen LogP contribution >= 0.6 is 10.3 Å². The minimum absolute atomic E-state index is 0.0785. The van der Waals surface area contributed by atoms with E-state index in [1.807, 2.05) is 69.3 Å². The van der Waals surface area contributed by atoms with Crippen molar-refractivity contribution < 1.29 is 32.8 Å². The predicted octanol–water partition coefficient (Wildman–Crippen LogP) is 6.90. The molecule has 0 saturated carbocycles. The first-order chi connectivity index (χ1) is 26.4. The summed E-state index contributed by atoms with van der Waals surface area (Å²) in [4.78, 5) is 55.4. The average Bonchev–Trinajstić information content (AvgIpc) is 3.16. The maximum absolute atomic E-state index is 14.4. The summed E-state index contributed by atoms with van der Waals surface area (Å²) in [5, 5.41) is 7.33. The summed E-state index contributed by atoms with van der Waals surface area (Å²) in [6.45, 7) is 22.3. The van der Waals surface area contributed by atoms with E-state index in [2.05, 4.69) is 62.5 Å². The van der Waals surface area contributed by atoms with Crippen LogP contribution in [0.5, 0.6) is 5.75 Å². The minimum atomic E-state index is -1.50. The Balaban J connectivity index is 1.86. The summed E-state index contributed by atoms with van der Waals surface area (Å²) in [6.07, 6.45) is 9.89. The lowest BCUT2D eigenvalue weighted by atomic mass is 9.96. The van der Waals surface area contributed by atoms with E-state index < -0.39 is 52.1 Å². The molecule has 5 atom stereocenters. The maximum atomic E-state index is 14.4. The Bertz CT molecular complexity index is 1660. The van der Waals surface area contributed by atoms with Gasteiger partial charge in [0.1, 0.15) is 30.5 Å². The number of hydrazine groups is 1.